The van der Waals surface area contributed by atoms with Crippen LogP contribution in [0, 0.1) is 0 Å². The van der Waals surface area contributed by atoms with Gasteiger partial charge >= 0.3 is 0 Å². The fraction of sp³-hybridized carbons (Fsp3) is 0.286. The fourth-order valence-corrected chi connectivity index (χ4v) is 3.43. The van der Waals surface area contributed by atoms with Gasteiger partial charge in [0.05, 0.1) is 30.4 Å². The molecule has 1 amide bonds. The van der Waals surface area contributed by atoms with E-state index in [4.69, 9.17) is 0 Å². The Morgan fingerprint density at radius 3 is 3.14 bits per heavy atom. The third-order valence-corrected chi connectivity index (χ3v) is 4.75. The van der Waals surface area contributed by atoms with E-state index in [9.17, 15) is 9.59 Å². The van der Waals surface area contributed by atoms with E-state index >= 15 is 0 Å². The molecular weight excluding hydrogens is 302 g/mol. The SMILES string of the molecule is O=C(Cn1cnc2ccsc2c1=O)N1CCn2cncc2C1. The van der Waals surface area contributed by atoms with Gasteiger partial charge < -0.3 is 9.47 Å². The number of rotatable bonds is 2. The van der Waals surface area contributed by atoms with Gasteiger partial charge in [0, 0.05) is 19.3 Å². The molecular formula is C14H13N5O2S. The van der Waals surface area contributed by atoms with Crippen molar-refractivity contribution in [3.63, 3.8) is 0 Å². The van der Waals surface area contributed by atoms with Crippen LogP contribution in [0.2, 0.25) is 0 Å². The molecule has 0 saturated carbocycles. The van der Waals surface area contributed by atoms with Gasteiger partial charge in [-0.1, -0.05) is 0 Å². The summed E-state index contributed by atoms with van der Waals surface area (Å²) in [5.74, 6) is -0.0766. The summed E-state index contributed by atoms with van der Waals surface area (Å²) >= 11 is 1.35. The number of carbonyl (C=O) groups excluding carboxylic acids is 1. The van der Waals surface area contributed by atoms with E-state index in [1.54, 1.807) is 23.5 Å². The molecule has 0 aliphatic carbocycles. The van der Waals surface area contributed by atoms with Gasteiger partial charge in [-0.3, -0.25) is 14.2 Å². The molecule has 7 nitrogen and oxygen atoms in total. The Kier molecular flexibility index (Phi) is 3.04. The Bertz CT molecular complexity index is 909. The first-order valence-corrected chi connectivity index (χ1v) is 7.80. The van der Waals surface area contributed by atoms with Crippen molar-refractivity contribution in [2.24, 2.45) is 0 Å². The molecule has 4 heterocycles. The summed E-state index contributed by atoms with van der Waals surface area (Å²) in [7, 11) is 0. The van der Waals surface area contributed by atoms with Crippen LogP contribution in [0.1, 0.15) is 5.69 Å². The largest absolute Gasteiger partial charge is 0.333 e. The number of fused-ring (bicyclic) bond motifs is 2. The van der Waals surface area contributed by atoms with E-state index in [0.29, 0.717) is 23.3 Å². The molecule has 0 spiro atoms. The molecule has 0 radical (unpaired) electrons. The Labute approximate surface area is 129 Å². The average molecular weight is 315 g/mol. The Balaban J connectivity index is 1.56. The number of aromatic nitrogens is 4. The second kappa shape index (κ2) is 5.06. The molecule has 8 heteroatoms. The predicted molar refractivity (Wildman–Crippen MR) is 81.5 cm³/mol. The highest BCUT2D eigenvalue weighted by Crippen LogP contribution is 2.14. The lowest BCUT2D eigenvalue weighted by molar-refractivity contribution is -0.133. The lowest BCUT2D eigenvalue weighted by atomic mass is 10.3. The van der Waals surface area contributed by atoms with E-state index in [2.05, 4.69) is 9.97 Å². The number of amides is 1. The summed E-state index contributed by atoms with van der Waals surface area (Å²) < 4.78 is 4.01. The summed E-state index contributed by atoms with van der Waals surface area (Å²) in [6.45, 7) is 1.92. The van der Waals surface area contributed by atoms with Crippen molar-refractivity contribution < 1.29 is 4.79 Å². The molecule has 22 heavy (non-hydrogen) atoms. The van der Waals surface area contributed by atoms with Crippen LogP contribution < -0.4 is 5.56 Å². The quantitative estimate of drug-likeness (QED) is 0.698. The molecule has 3 aromatic rings. The highest BCUT2D eigenvalue weighted by molar-refractivity contribution is 7.17. The highest BCUT2D eigenvalue weighted by atomic mass is 32.1. The van der Waals surface area contributed by atoms with Crippen molar-refractivity contribution in [3.8, 4) is 0 Å². The van der Waals surface area contributed by atoms with Crippen LogP contribution in [0.25, 0.3) is 10.2 Å². The van der Waals surface area contributed by atoms with Crippen LogP contribution in [0.3, 0.4) is 0 Å². The van der Waals surface area contributed by atoms with Crippen molar-refractivity contribution in [3.05, 3.63) is 46.3 Å². The minimum absolute atomic E-state index is 0.0216. The number of hydrogen-bond acceptors (Lipinski definition) is 5. The van der Waals surface area contributed by atoms with Gasteiger partial charge in [-0.25, -0.2) is 9.97 Å². The van der Waals surface area contributed by atoms with Crippen molar-refractivity contribution in [2.45, 2.75) is 19.6 Å². The first-order valence-electron chi connectivity index (χ1n) is 6.92. The van der Waals surface area contributed by atoms with Crippen molar-refractivity contribution >= 4 is 27.5 Å². The molecule has 0 fully saturated rings. The van der Waals surface area contributed by atoms with Crippen LogP contribution >= 0.6 is 11.3 Å². The Hall–Kier alpha value is -2.48. The highest BCUT2D eigenvalue weighted by Gasteiger charge is 2.21. The van der Waals surface area contributed by atoms with Crippen molar-refractivity contribution in [2.75, 3.05) is 6.54 Å². The van der Waals surface area contributed by atoms with Gasteiger partial charge in [0.15, 0.2) is 0 Å². The molecule has 0 N–H and O–H groups in total. The van der Waals surface area contributed by atoms with Crippen molar-refractivity contribution in [1.82, 2.24) is 24.0 Å². The Morgan fingerprint density at radius 2 is 2.23 bits per heavy atom. The zero-order chi connectivity index (χ0) is 15.1. The third-order valence-electron chi connectivity index (χ3n) is 3.86. The fourth-order valence-electron chi connectivity index (χ4n) is 2.63. The summed E-state index contributed by atoms with van der Waals surface area (Å²) in [5, 5.41) is 1.83. The molecule has 112 valence electrons. The van der Waals surface area contributed by atoms with E-state index in [0.717, 1.165) is 12.2 Å². The smallest absolute Gasteiger partial charge is 0.271 e. The van der Waals surface area contributed by atoms with Crippen LogP contribution in [0.15, 0.2) is 35.1 Å². The summed E-state index contributed by atoms with van der Waals surface area (Å²) in [5.41, 5.74) is 1.54. The number of nitrogens with zero attached hydrogens (tertiary/aromatic N) is 5. The zero-order valence-corrected chi connectivity index (χ0v) is 12.5. The van der Waals surface area contributed by atoms with Crippen LogP contribution in [-0.2, 0) is 24.4 Å². The number of imidazole rings is 1. The topological polar surface area (TPSA) is 73.0 Å². The maximum atomic E-state index is 12.4. The van der Waals surface area contributed by atoms with E-state index in [1.807, 2.05) is 9.95 Å². The molecule has 0 atom stereocenters. The van der Waals surface area contributed by atoms with Crippen LogP contribution in [0.5, 0.6) is 0 Å². The average Bonchev–Trinajstić information content (AvgIpc) is 3.17. The van der Waals surface area contributed by atoms with Gasteiger partial charge in [0.1, 0.15) is 11.2 Å². The minimum atomic E-state index is -0.157. The van der Waals surface area contributed by atoms with Gasteiger partial charge in [-0.15, -0.1) is 11.3 Å². The number of hydrogen-bond donors (Lipinski definition) is 0. The lowest BCUT2D eigenvalue weighted by Gasteiger charge is -2.28. The molecule has 0 unspecified atom stereocenters. The second-order valence-electron chi connectivity index (χ2n) is 5.21. The first kappa shape index (κ1) is 13.2. The van der Waals surface area contributed by atoms with Gasteiger partial charge in [0.2, 0.25) is 5.91 Å². The van der Waals surface area contributed by atoms with Gasteiger partial charge in [-0.2, -0.15) is 0 Å². The molecule has 0 saturated heterocycles. The van der Waals surface area contributed by atoms with Crippen LogP contribution in [0.4, 0.5) is 0 Å². The molecule has 1 aliphatic rings. The normalized spacial score (nSPS) is 14.3. The summed E-state index contributed by atoms with van der Waals surface area (Å²) in [6, 6.07) is 1.80. The van der Waals surface area contributed by atoms with Crippen molar-refractivity contribution in [1.29, 1.82) is 0 Å². The minimum Gasteiger partial charge on any atom is -0.333 e. The van der Waals surface area contributed by atoms with Crippen LogP contribution in [-0.4, -0.2) is 36.5 Å². The Morgan fingerprint density at radius 1 is 1.32 bits per heavy atom. The number of thiophene rings is 1. The number of carbonyl (C=O) groups is 1. The van der Waals surface area contributed by atoms with E-state index < -0.39 is 0 Å². The summed E-state index contributed by atoms with van der Waals surface area (Å²) in [6.07, 6.45) is 4.99. The molecule has 4 rings (SSSR count). The van der Waals surface area contributed by atoms with Gasteiger partial charge in [0.25, 0.3) is 5.56 Å². The molecule has 0 aromatic carbocycles. The monoisotopic (exact) mass is 315 g/mol. The third kappa shape index (κ3) is 2.12. The first-order chi connectivity index (χ1) is 10.7. The van der Waals surface area contributed by atoms with Gasteiger partial charge in [-0.05, 0) is 11.4 Å². The standard InChI is InChI=1S/C14H13N5O2S/c20-12(17-2-3-18-8-15-5-10(18)6-17)7-19-9-16-11-1-4-22-13(11)14(19)21/h1,4-5,8-9H,2-3,6-7H2. The summed E-state index contributed by atoms with van der Waals surface area (Å²) in [4.78, 5) is 34.8. The maximum Gasteiger partial charge on any atom is 0.271 e. The molecule has 3 aromatic heterocycles. The predicted octanol–water partition coefficient (Wildman–Crippen LogP) is 0.697. The lowest BCUT2D eigenvalue weighted by Crippen LogP contribution is -2.41. The zero-order valence-electron chi connectivity index (χ0n) is 11.7. The second-order valence-corrected chi connectivity index (χ2v) is 6.12. The molecule has 1 aliphatic heterocycles. The van der Waals surface area contributed by atoms with E-state index in [-0.39, 0.29) is 18.0 Å². The maximum absolute atomic E-state index is 12.4. The van der Waals surface area contributed by atoms with E-state index in [1.165, 1.54) is 22.2 Å². The molecule has 0 bridgehead atoms.